The number of nitrogens with zero attached hydrogens (tertiary/aromatic N) is 2. The molecule has 0 aliphatic carbocycles. The number of benzene rings is 1. The largest absolute Gasteiger partial charge is 1.00 e. The number of carboxylic acid groups (broad SMARTS) is 1. The van der Waals surface area contributed by atoms with Crippen molar-refractivity contribution in [1.82, 2.24) is 15.3 Å². The van der Waals surface area contributed by atoms with Gasteiger partial charge in [-0.2, -0.15) is 0 Å². The number of aliphatic imine (C=N–C) groups is 1. The Balaban J connectivity index is 0.00000364. The molecule has 0 saturated carbocycles. The van der Waals surface area contributed by atoms with E-state index < -0.39 is 17.9 Å². The molecule has 0 aliphatic heterocycles. The molecule has 0 radical (unpaired) electrons. The number of carboxylic acids is 1. The molecule has 0 fully saturated rings. The fraction of sp³-hybridized carbons (Fsp3) is 0.294. The predicted octanol–water partition coefficient (Wildman–Crippen LogP) is -3.50. The third kappa shape index (κ3) is 7.05. The summed E-state index contributed by atoms with van der Waals surface area (Å²) >= 11 is 0. The van der Waals surface area contributed by atoms with E-state index in [1.807, 2.05) is 0 Å². The van der Waals surface area contributed by atoms with Gasteiger partial charge in [0.1, 0.15) is 11.5 Å². The Hall–Kier alpha value is -2.36. The number of aromatic amines is 1. The van der Waals surface area contributed by atoms with Crippen molar-refractivity contribution in [2.24, 2.45) is 4.99 Å². The Labute approximate surface area is 177 Å². The van der Waals surface area contributed by atoms with E-state index in [9.17, 15) is 24.9 Å². The molecule has 9 nitrogen and oxygen atoms in total. The van der Waals surface area contributed by atoms with E-state index in [0.29, 0.717) is 17.0 Å². The monoisotopic (exact) mass is 382 g/mol. The maximum Gasteiger partial charge on any atom is 1.00 e. The summed E-state index contributed by atoms with van der Waals surface area (Å²) in [6.45, 7) is 1.77. The van der Waals surface area contributed by atoms with Gasteiger partial charge in [0.05, 0.1) is 18.3 Å². The average Bonchev–Trinajstić information content (AvgIpc) is 3.07. The van der Waals surface area contributed by atoms with Gasteiger partial charge in [0, 0.05) is 48.6 Å². The van der Waals surface area contributed by atoms with Crippen LogP contribution in [0, 0.1) is 0 Å². The zero-order valence-electron chi connectivity index (χ0n) is 15.1. The molecular formula is C17H19N4NaO5. The van der Waals surface area contributed by atoms with Crippen molar-refractivity contribution in [3.8, 4) is 11.5 Å². The number of H-pyrrole nitrogens is 1. The van der Waals surface area contributed by atoms with Crippen LogP contribution in [0.1, 0.15) is 24.6 Å². The molecule has 1 aromatic carbocycles. The Morgan fingerprint density at radius 1 is 1.37 bits per heavy atom. The van der Waals surface area contributed by atoms with Crippen LogP contribution < -0.4 is 40.0 Å². The first kappa shape index (κ1) is 22.7. The molecule has 1 aromatic heterocycles. The fourth-order valence-electron chi connectivity index (χ4n) is 2.31. The molecule has 2 rings (SSSR count). The minimum Gasteiger partial charge on any atom is -0.548 e. The molecule has 0 spiro atoms. The Morgan fingerprint density at radius 3 is 2.70 bits per heavy atom. The standard InChI is InChI=1S/C17H20N4O5.Na/c1-10(13-3-2-12(22)7-15(13)23)19-5-4-16(24)21-14(17(25)26)6-11-8-18-9-20-11;/h2-3,7-9,14,22-23H,4-6H2,1H3,(H,18,20)(H,21,24)(H,25,26);/q;+1/p-1. The number of hydrogen-bond donors (Lipinski definition) is 4. The van der Waals surface area contributed by atoms with Crippen LogP contribution in [0.2, 0.25) is 0 Å². The number of imidazole rings is 1. The van der Waals surface area contributed by atoms with Gasteiger partial charge in [0.15, 0.2) is 0 Å². The van der Waals surface area contributed by atoms with Gasteiger partial charge in [-0.1, -0.05) is 0 Å². The van der Waals surface area contributed by atoms with Crippen molar-refractivity contribution in [1.29, 1.82) is 0 Å². The summed E-state index contributed by atoms with van der Waals surface area (Å²) in [5.74, 6) is -2.05. The summed E-state index contributed by atoms with van der Waals surface area (Å²) in [5.41, 5.74) is 1.50. The minimum atomic E-state index is -1.39. The second-order valence-corrected chi connectivity index (χ2v) is 5.64. The van der Waals surface area contributed by atoms with Crippen LogP contribution >= 0.6 is 0 Å². The van der Waals surface area contributed by atoms with Gasteiger partial charge < -0.3 is 30.4 Å². The van der Waals surface area contributed by atoms with Gasteiger partial charge in [-0.3, -0.25) is 9.79 Å². The molecule has 0 saturated heterocycles. The minimum absolute atomic E-state index is 0. The summed E-state index contributed by atoms with van der Waals surface area (Å²) in [7, 11) is 0. The van der Waals surface area contributed by atoms with Crippen molar-refractivity contribution in [3.63, 3.8) is 0 Å². The number of carbonyl (C=O) groups excluding carboxylic acids is 2. The van der Waals surface area contributed by atoms with E-state index >= 15 is 0 Å². The number of carbonyl (C=O) groups is 2. The second kappa shape index (κ2) is 10.7. The van der Waals surface area contributed by atoms with Gasteiger partial charge in [-0.05, 0) is 19.1 Å². The number of phenols is 2. The third-order valence-electron chi connectivity index (χ3n) is 3.66. The first-order valence-corrected chi connectivity index (χ1v) is 7.87. The normalized spacial score (nSPS) is 12.1. The summed E-state index contributed by atoms with van der Waals surface area (Å²) in [4.78, 5) is 33.8. The van der Waals surface area contributed by atoms with Gasteiger partial charge in [0.2, 0.25) is 5.91 Å². The molecule has 1 atom stereocenters. The van der Waals surface area contributed by atoms with E-state index in [4.69, 9.17) is 0 Å². The molecule has 1 heterocycles. The maximum atomic E-state index is 11.9. The summed E-state index contributed by atoms with van der Waals surface area (Å²) in [6, 6.07) is 2.95. The van der Waals surface area contributed by atoms with Crippen LogP contribution in [-0.2, 0) is 16.0 Å². The summed E-state index contributed by atoms with van der Waals surface area (Å²) in [5, 5.41) is 32.6. The first-order chi connectivity index (χ1) is 12.4. The van der Waals surface area contributed by atoms with Crippen molar-refractivity contribution in [2.45, 2.75) is 25.8 Å². The fourth-order valence-corrected chi connectivity index (χ4v) is 2.31. The van der Waals surface area contributed by atoms with E-state index in [0.717, 1.165) is 0 Å². The van der Waals surface area contributed by atoms with Crippen LogP contribution in [-0.4, -0.2) is 50.4 Å². The van der Waals surface area contributed by atoms with E-state index in [-0.39, 0.29) is 60.4 Å². The zero-order chi connectivity index (χ0) is 19.1. The topological polar surface area (TPSA) is 151 Å². The second-order valence-electron chi connectivity index (χ2n) is 5.64. The number of nitrogens with one attached hydrogen (secondary N) is 2. The number of aromatic nitrogens is 2. The van der Waals surface area contributed by atoms with Crippen LogP contribution in [0.4, 0.5) is 0 Å². The quantitative estimate of drug-likeness (QED) is 0.275. The van der Waals surface area contributed by atoms with Crippen molar-refractivity contribution >= 4 is 17.6 Å². The molecule has 2 aromatic rings. The number of hydrogen-bond acceptors (Lipinski definition) is 7. The molecule has 1 amide bonds. The first-order valence-electron chi connectivity index (χ1n) is 7.87. The number of rotatable bonds is 8. The van der Waals surface area contributed by atoms with E-state index in [2.05, 4.69) is 20.3 Å². The number of aromatic hydroxyl groups is 2. The number of phenolic OH excluding ortho intramolecular Hbond substituents is 2. The molecule has 0 bridgehead atoms. The van der Waals surface area contributed by atoms with Gasteiger partial charge in [0.25, 0.3) is 0 Å². The SMILES string of the molecule is CC(=NCCC(=O)NC(Cc1cnc[nH]1)C(=O)[O-])c1ccc(O)cc1O.[Na+]. The Kier molecular flexibility index (Phi) is 8.99. The van der Waals surface area contributed by atoms with Crippen LogP contribution in [0.25, 0.3) is 0 Å². The zero-order valence-corrected chi connectivity index (χ0v) is 17.1. The third-order valence-corrected chi connectivity index (χ3v) is 3.66. The summed E-state index contributed by atoms with van der Waals surface area (Å²) in [6.07, 6.45) is 2.90. The van der Waals surface area contributed by atoms with Crippen LogP contribution in [0.5, 0.6) is 11.5 Å². The molecule has 10 heteroatoms. The molecule has 0 aliphatic rings. The molecule has 1 unspecified atom stereocenters. The van der Waals surface area contributed by atoms with Crippen molar-refractivity contribution in [2.75, 3.05) is 6.54 Å². The number of aliphatic carboxylic acids is 1. The predicted molar refractivity (Wildman–Crippen MR) is 90.7 cm³/mol. The number of amides is 1. The van der Waals surface area contributed by atoms with Gasteiger partial charge in [-0.15, -0.1) is 0 Å². The van der Waals surface area contributed by atoms with Crippen LogP contribution in [0.3, 0.4) is 0 Å². The van der Waals surface area contributed by atoms with E-state index in [1.54, 1.807) is 6.92 Å². The summed E-state index contributed by atoms with van der Waals surface area (Å²) < 4.78 is 0. The molecule has 4 N–H and O–H groups in total. The van der Waals surface area contributed by atoms with Gasteiger partial charge in [-0.25, -0.2) is 4.98 Å². The van der Waals surface area contributed by atoms with Crippen molar-refractivity contribution in [3.05, 3.63) is 42.0 Å². The molecular weight excluding hydrogens is 363 g/mol. The Morgan fingerprint density at radius 2 is 2.11 bits per heavy atom. The maximum absolute atomic E-state index is 11.9. The average molecular weight is 382 g/mol. The molecule has 27 heavy (non-hydrogen) atoms. The smallest absolute Gasteiger partial charge is 0.548 e. The molecule has 138 valence electrons. The van der Waals surface area contributed by atoms with Crippen LogP contribution in [0.15, 0.2) is 35.7 Å². The van der Waals surface area contributed by atoms with Crippen molar-refractivity contribution < 1.29 is 54.5 Å². The Bertz CT molecular complexity index is 808. The van der Waals surface area contributed by atoms with E-state index in [1.165, 1.54) is 30.7 Å². The van der Waals surface area contributed by atoms with Gasteiger partial charge >= 0.3 is 29.6 Å².